The molecule has 14 heavy (non-hydrogen) atoms. The molecule has 0 bridgehead atoms. The van der Waals surface area contributed by atoms with E-state index < -0.39 is 0 Å². The van der Waals surface area contributed by atoms with Crippen LogP contribution in [-0.4, -0.2) is 38.0 Å². The van der Waals surface area contributed by atoms with Crippen LogP contribution in [0.25, 0.3) is 0 Å². The Bertz CT molecular complexity index is 163. The van der Waals surface area contributed by atoms with Gasteiger partial charge < -0.3 is 14.8 Å². The van der Waals surface area contributed by atoms with Crippen LogP contribution < -0.4 is 5.32 Å². The summed E-state index contributed by atoms with van der Waals surface area (Å²) in [4.78, 5) is 0. The lowest BCUT2D eigenvalue weighted by molar-refractivity contribution is 0.0715. The van der Waals surface area contributed by atoms with Crippen LogP contribution in [0.3, 0.4) is 0 Å². The van der Waals surface area contributed by atoms with Crippen molar-refractivity contribution in [2.24, 2.45) is 0 Å². The fraction of sp³-hybridized carbons (Fsp3) is 1.00. The number of rotatable bonds is 4. The van der Waals surface area contributed by atoms with Crippen molar-refractivity contribution in [2.45, 2.75) is 50.8 Å². The molecule has 2 heterocycles. The lowest BCUT2D eigenvalue weighted by Crippen LogP contribution is -2.45. The average Bonchev–Trinajstić information content (AvgIpc) is 2.86. The highest BCUT2D eigenvalue weighted by Gasteiger charge is 2.27. The molecular weight excluding hydrogens is 178 g/mol. The number of hydrogen-bond acceptors (Lipinski definition) is 3. The minimum Gasteiger partial charge on any atom is -0.380 e. The first-order valence-electron chi connectivity index (χ1n) is 5.85. The third-order valence-corrected chi connectivity index (χ3v) is 3.23. The summed E-state index contributed by atoms with van der Waals surface area (Å²) < 4.78 is 11.1. The lowest BCUT2D eigenvalue weighted by Gasteiger charge is -2.25. The van der Waals surface area contributed by atoms with Crippen molar-refractivity contribution >= 4 is 0 Å². The van der Waals surface area contributed by atoms with Gasteiger partial charge in [-0.1, -0.05) is 6.92 Å². The first-order valence-corrected chi connectivity index (χ1v) is 5.85. The van der Waals surface area contributed by atoms with Gasteiger partial charge in [0.1, 0.15) is 0 Å². The summed E-state index contributed by atoms with van der Waals surface area (Å²) in [6.07, 6.45) is 5.20. The Morgan fingerprint density at radius 1 is 1.36 bits per heavy atom. The molecule has 2 rings (SSSR count). The van der Waals surface area contributed by atoms with E-state index >= 15 is 0 Å². The second-order valence-corrected chi connectivity index (χ2v) is 4.29. The molecule has 0 amide bonds. The lowest BCUT2D eigenvalue weighted by atomic mass is 10.0. The molecule has 2 saturated heterocycles. The Hall–Kier alpha value is -0.120. The normalized spacial score (nSPS) is 34.9. The number of hydrogen-bond donors (Lipinski definition) is 1. The Morgan fingerprint density at radius 2 is 2.29 bits per heavy atom. The van der Waals surface area contributed by atoms with E-state index in [2.05, 4.69) is 12.2 Å². The highest BCUT2D eigenvalue weighted by molar-refractivity contribution is 4.84. The zero-order chi connectivity index (χ0) is 9.80. The van der Waals surface area contributed by atoms with Crippen LogP contribution in [0.1, 0.15) is 32.6 Å². The molecule has 0 saturated carbocycles. The van der Waals surface area contributed by atoms with Gasteiger partial charge in [0.2, 0.25) is 0 Å². The number of nitrogens with one attached hydrogen (secondary N) is 1. The Kier molecular flexibility index (Phi) is 3.79. The summed E-state index contributed by atoms with van der Waals surface area (Å²) in [7, 11) is 0. The molecule has 0 spiro atoms. The molecule has 1 N–H and O–H groups in total. The molecule has 3 heteroatoms. The van der Waals surface area contributed by atoms with Gasteiger partial charge in [-0.25, -0.2) is 0 Å². The summed E-state index contributed by atoms with van der Waals surface area (Å²) in [5, 5.41) is 3.66. The second kappa shape index (κ2) is 5.10. The van der Waals surface area contributed by atoms with Crippen LogP contribution in [-0.2, 0) is 9.47 Å². The molecular formula is C11H21NO2. The Morgan fingerprint density at radius 3 is 2.86 bits per heavy atom. The molecule has 0 radical (unpaired) electrons. The standard InChI is InChI=1S/C11H21NO2/c1-2-10(11-4-3-6-14-11)12-9-5-7-13-8-9/h9-12H,2-8H2,1H3. The van der Waals surface area contributed by atoms with Gasteiger partial charge in [-0.3, -0.25) is 0 Å². The molecule has 2 aliphatic rings. The molecule has 0 aromatic carbocycles. The van der Waals surface area contributed by atoms with Crippen molar-refractivity contribution in [3.05, 3.63) is 0 Å². The molecule has 0 aliphatic carbocycles. The van der Waals surface area contributed by atoms with E-state index in [0.29, 0.717) is 18.2 Å². The maximum atomic E-state index is 5.71. The van der Waals surface area contributed by atoms with Crippen molar-refractivity contribution in [1.29, 1.82) is 0 Å². The average molecular weight is 199 g/mol. The van der Waals surface area contributed by atoms with E-state index in [0.717, 1.165) is 32.7 Å². The van der Waals surface area contributed by atoms with E-state index in [1.165, 1.54) is 12.8 Å². The van der Waals surface area contributed by atoms with Crippen LogP contribution in [0.5, 0.6) is 0 Å². The first kappa shape index (κ1) is 10.4. The van der Waals surface area contributed by atoms with Gasteiger partial charge in [0, 0.05) is 25.3 Å². The van der Waals surface area contributed by atoms with Crippen molar-refractivity contribution in [1.82, 2.24) is 5.32 Å². The van der Waals surface area contributed by atoms with Gasteiger partial charge in [-0.2, -0.15) is 0 Å². The second-order valence-electron chi connectivity index (χ2n) is 4.29. The van der Waals surface area contributed by atoms with Crippen LogP contribution in [0.2, 0.25) is 0 Å². The van der Waals surface area contributed by atoms with Gasteiger partial charge in [0.05, 0.1) is 12.7 Å². The predicted molar refractivity (Wildman–Crippen MR) is 55.4 cm³/mol. The van der Waals surface area contributed by atoms with Crippen LogP contribution >= 0.6 is 0 Å². The van der Waals surface area contributed by atoms with E-state index in [9.17, 15) is 0 Å². The molecule has 0 aromatic heterocycles. The summed E-state index contributed by atoms with van der Waals surface area (Å²) in [6.45, 7) is 4.97. The van der Waals surface area contributed by atoms with Crippen LogP contribution in [0, 0.1) is 0 Å². The Labute approximate surface area is 86.2 Å². The molecule has 0 aromatic rings. The van der Waals surface area contributed by atoms with Gasteiger partial charge in [-0.15, -0.1) is 0 Å². The van der Waals surface area contributed by atoms with Crippen molar-refractivity contribution in [3.63, 3.8) is 0 Å². The molecule has 3 atom stereocenters. The Balaban J connectivity index is 1.79. The van der Waals surface area contributed by atoms with Crippen molar-refractivity contribution in [3.8, 4) is 0 Å². The van der Waals surface area contributed by atoms with E-state index in [1.54, 1.807) is 0 Å². The van der Waals surface area contributed by atoms with Gasteiger partial charge in [0.25, 0.3) is 0 Å². The highest BCUT2D eigenvalue weighted by Crippen LogP contribution is 2.19. The predicted octanol–water partition coefficient (Wildman–Crippen LogP) is 1.32. The molecule has 3 nitrogen and oxygen atoms in total. The maximum Gasteiger partial charge on any atom is 0.0728 e. The van der Waals surface area contributed by atoms with Crippen molar-refractivity contribution < 1.29 is 9.47 Å². The van der Waals surface area contributed by atoms with Crippen molar-refractivity contribution in [2.75, 3.05) is 19.8 Å². The maximum absolute atomic E-state index is 5.71. The topological polar surface area (TPSA) is 30.5 Å². The van der Waals surface area contributed by atoms with E-state index in [1.807, 2.05) is 0 Å². The van der Waals surface area contributed by atoms with E-state index in [4.69, 9.17) is 9.47 Å². The van der Waals surface area contributed by atoms with Gasteiger partial charge >= 0.3 is 0 Å². The van der Waals surface area contributed by atoms with Gasteiger partial charge in [-0.05, 0) is 25.7 Å². The zero-order valence-electron chi connectivity index (χ0n) is 9.00. The largest absolute Gasteiger partial charge is 0.380 e. The zero-order valence-corrected chi connectivity index (χ0v) is 9.00. The third-order valence-electron chi connectivity index (χ3n) is 3.23. The fourth-order valence-corrected chi connectivity index (χ4v) is 2.38. The monoisotopic (exact) mass is 199 g/mol. The van der Waals surface area contributed by atoms with E-state index in [-0.39, 0.29) is 0 Å². The highest BCUT2D eigenvalue weighted by atomic mass is 16.5. The summed E-state index contributed by atoms with van der Waals surface area (Å²) in [6, 6.07) is 1.09. The molecule has 3 unspecified atom stereocenters. The summed E-state index contributed by atoms with van der Waals surface area (Å²) in [5.41, 5.74) is 0. The quantitative estimate of drug-likeness (QED) is 0.741. The molecule has 2 fully saturated rings. The molecule has 82 valence electrons. The summed E-state index contributed by atoms with van der Waals surface area (Å²) >= 11 is 0. The number of ether oxygens (including phenoxy) is 2. The van der Waals surface area contributed by atoms with Crippen LogP contribution in [0.15, 0.2) is 0 Å². The van der Waals surface area contributed by atoms with Gasteiger partial charge in [0.15, 0.2) is 0 Å². The summed E-state index contributed by atoms with van der Waals surface area (Å²) in [5.74, 6) is 0. The smallest absolute Gasteiger partial charge is 0.0728 e. The minimum absolute atomic E-state index is 0.445. The minimum atomic E-state index is 0.445. The molecule has 2 aliphatic heterocycles. The van der Waals surface area contributed by atoms with Crippen LogP contribution in [0.4, 0.5) is 0 Å². The SMILES string of the molecule is CCC(NC1CCOC1)C1CCCO1. The fourth-order valence-electron chi connectivity index (χ4n) is 2.38. The first-order chi connectivity index (χ1) is 6.90. The third kappa shape index (κ3) is 2.47.